The molecule has 0 aliphatic carbocycles. The summed E-state index contributed by atoms with van der Waals surface area (Å²) >= 11 is 2.26. The van der Waals surface area contributed by atoms with Crippen molar-refractivity contribution in [1.82, 2.24) is 10.2 Å². The van der Waals surface area contributed by atoms with E-state index >= 15 is 0 Å². The Balaban J connectivity index is 1.71. The van der Waals surface area contributed by atoms with Crippen molar-refractivity contribution >= 4 is 39.9 Å². The minimum Gasteiger partial charge on any atom is -0.355 e. The lowest BCUT2D eigenvalue weighted by molar-refractivity contribution is 0.0950. The number of hydrogen-bond acceptors (Lipinski definition) is 3. The van der Waals surface area contributed by atoms with Gasteiger partial charge in [-0.05, 0) is 97.4 Å². The Morgan fingerprint density at radius 3 is 2.62 bits per heavy atom. The lowest BCUT2D eigenvalue weighted by atomic mass is 10.1. The van der Waals surface area contributed by atoms with E-state index in [1.807, 2.05) is 19.1 Å². The maximum Gasteiger partial charge on any atom is 0.253 e. The van der Waals surface area contributed by atoms with E-state index < -0.39 is 5.82 Å². The quantitative estimate of drug-likeness (QED) is 0.623. The summed E-state index contributed by atoms with van der Waals surface area (Å²) in [6.07, 6.45) is 2.45. The fourth-order valence-electron chi connectivity index (χ4n) is 3.15. The summed E-state index contributed by atoms with van der Waals surface area (Å²) in [5, 5.41) is 6.18. The summed E-state index contributed by atoms with van der Waals surface area (Å²) in [7, 11) is 0. The molecule has 0 spiro atoms. The largest absolute Gasteiger partial charge is 0.355 e. The van der Waals surface area contributed by atoms with Gasteiger partial charge in [-0.15, -0.1) is 0 Å². The lowest BCUT2D eigenvalue weighted by Gasteiger charge is -2.17. The van der Waals surface area contributed by atoms with Crippen LogP contribution in [0.4, 0.5) is 15.8 Å². The number of nitrogens with zero attached hydrogens (tertiary/aromatic N) is 1. The highest BCUT2D eigenvalue weighted by molar-refractivity contribution is 14.1. The van der Waals surface area contributed by atoms with Gasteiger partial charge < -0.3 is 15.5 Å². The average molecular weight is 467 g/mol. The lowest BCUT2D eigenvalue weighted by Crippen LogP contribution is -2.33. The molecule has 0 saturated carbocycles. The number of hydrogen-bond donors (Lipinski definition) is 2. The molecule has 1 amide bonds. The molecule has 0 aromatic heterocycles. The van der Waals surface area contributed by atoms with E-state index in [1.54, 1.807) is 6.07 Å². The van der Waals surface area contributed by atoms with Crippen molar-refractivity contribution in [1.29, 1.82) is 0 Å². The molecule has 2 aromatic carbocycles. The molecule has 3 rings (SSSR count). The maximum atomic E-state index is 13.7. The number of nitrogens with one attached hydrogen (secondary N) is 2. The molecule has 0 unspecified atom stereocenters. The second-order valence-electron chi connectivity index (χ2n) is 6.58. The molecule has 0 radical (unpaired) electrons. The van der Waals surface area contributed by atoms with Gasteiger partial charge in [0.05, 0.1) is 11.3 Å². The van der Waals surface area contributed by atoms with Gasteiger partial charge >= 0.3 is 0 Å². The minimum atomic E-state index is -0.417. The normalized spacial score (nSPS) is 14.4. The van der Waals surface area contributed by atoms with Crippen LogP contribution in [0.5, 0.6) is 0 Å². The first kappa shape index (κ1) is 19.1. The molecule has 138 valence electrons. The number of rotatable bonds is 6. The van der Waals surface area contributed by atoms with Gasteiger partial charge in [0.25, 0.3) is 5.91 Å². The molecule has 1 fully saturated rings. The number of carbonyl (C=O) groups is 1. The van der Waals surface area contributed by atoms with Crippen molar-refractivity contribution in [3.8, 4) is 0 Å². The highest BCUT2D eigenvalue weighted by atomic mass is 127. The Morgan fingerprint density at radius 1 is 1.15 bits per heavy atom. The fraction of sp³-hybridized carbons (Fsp3) is 0.350. The van der Waals surface area contributed by atoms with E-state index in [2.05, 4.69) is 44.2 Å². The van der Waals surface area contributed by atoms with Crippen LogP contribution in [-0.4, -0.2) is 37.0 Å². The van der Waals surface area contributed by atoms with E-state index in [-0.39, 0.29) is 5.91 Å². The zero-order chi connectivity index (χ0) is 18.5. The molecular formula is C20H23FIN3O. The number of carbonyl (C=O) groups excluding carboxylic acids is 1. The third-order valence-corrected chi connectivity index (χ3v) is 5.27. The number of aryl methyl sites for hydroxylation is 1. The Hall–Kier alpha value is -1.67. The van der Waals surface area contributed by atoms with Crippen LogP contribution in [0.2, 0.25) is 0 Å². The SMILES string of the molecule is Cc1cc(I)ccc1Nc1ccc(F)cc1C(=O)NCCN1CCCC1. The van der Waals surface area contributed by atoms with Crippen LogP contribution in [-0.2, 0) is 0 Å². The van der Waals surface area contributed by atoms with Crippen LogP contribution >= 0.6 is 22.6 Å². The van der Waals surface area contributed by atoms with Crippen LogP contribution in [0.25, 0.3) is 0 Å². The van der Waals surface area contributed by atoms with Crippen molar-refractivity contribution in [3.63, 3.8) is 0 Å². The molecule has 1 saturated heterocycles. The number of amides is 1. The molecule has 0 bridgehead atoms. The summed E-state index contributed by atoms with van der Waals surface area (Å²) in [6.45, 7) is 5.59. The topological polar surface area (TPSA) is 44.4 Å². The average Bonchev–Trinajstić information content (AvgIpc) is 3.12. The summed E-state index contributed by atoms with van der Waals surface area (Å²) in [4.78, 5) is 14.9. The van der Waals surface area contributed by atoms with Crippen LogP contribution < -0.4 is 10.6 Å². The molecular weight excluding hydrogens is 444 g/mol. The third kappa shape index (κ3) is 4.94. The van der Waals surface area contributed by atoms with Crippen LogP contribution in [0.15, 0.2) is 36.4 Å². The minimum absolute atomic E-state index is 0.255. The van der Waals surface area contributed by atoms with Gasteiger partial charge in [0.1, 0.15) is 5.82 Å². The molecule has 2 aromatic rings. The first-order valence-corrected chi connectivity index (χ1v) is 9.94. The van der Waals surface area contributed by atoms with Gasteiger partial charge in [0, 0.05) is 22.3 Å². The standard InChI is InChI=1S/C20H23FIN3O/c1-14-12-16(22)5-7-18(14)24-19-6-4-15(21)13-17(19)20(26)23-8-11-25-9-2-3-10-25/h4-7,12-13,24H,2-3,8-11H2,1H3,(H,23,26). The van der Waals surface area contributed by atoms with Crippen molar-refractivity contribution in [3.05, 3.63) is 56.9 Å². The maximum absolute atomic E-state index is 13.7. The van der Waals surface area contributed by atoms with Crippen LogP contribution in [0.1, 0.15) is 28.8 Å². The summed E-state index contributed by atoms with van der Waals surface area (Å²) in [5.41, 5.74) is 2.91. The Labute approximate surface area is 167 Å². The molecule has 2 N–H and O–H groups in total. The van der Waals surface area contributed by atoms with Crippen molar-refractivity contribution < 1.29 is 9.18 Å². The fourth-order valence-corrected chi connectivity index (χ4v) is 3.80. The van der Waals surface area contributed by atoms with Crippen molar-refractivity contribution in [2.24, 2.45) is 0 Å². The van der Waals surface area contributed by atoms with Gasteiger partial charge in [0.15, 0.2) is 0 Å². The van der Waals surface area contributed by atoms with Gasteiger partial charge in [-0.1, -0.05) is 0 Å². The van der Waals surface area contributed by atoms with E-state index in [4.69, 9.17) is 0 Å². The van der Waals surface area contributed by atoms with Gasteiger partial charge in [-0.25, -0.2) is 4.39 Å². The molecule has 1 aliphatic rings. The van der Waals surface area contributed by atoms with Gasteiger partial charge in [-0.3, -0.25) is 4.79 Å². The molecule has 0 atom stereocenters. The third-order valence-electron chi connectivity index (χ3n) is 4.60. The van der Waals surface area contributed by atoms with Gasteiger partial charge in [0.2, 0.25) is 0 Å². The Bertz CT molecular complexity index is 791. The summed E-state index contributed by atoms with van der Waals surface area (Å²) < 4.78 is 14.9. The van der Waals surface area contributed by atoms with E-state index in [1.165, 1.54) is 25.0 Å². The first-order valence-electron chi connectivity index (χ1n) is 8.86. The van der Waals surface area contributed by atoms with Crippen molar-refractivity contribution in [2.75, 3.05) is 31.5 Å². The first-order chi connectivity index (χ1) is 12.5. The second kappa shape index (κ2) is 8.81. The molecule has 6 heteroatoms. The molecule has 1 aliphatic heterocycles. The second-order valence-corrected chi connectivity index (χ2v) is 7.82. The predicted molar refractivity (Wildman–Crippen MR) is 112 cm³/mol. The zero-order valence-corrected chi connectivity index (χ0v) is 17.0. The highest BCUT2D eigenvalue weighted by Crippen LogP contribution is 2.25. The molecule has 26 heavy (non-hydrogen) atoms. The van der Waals surface area contributed by atoms with E-state index in [9.17, 15) is 9.18 Å². The number of anilines is 2. The Morgan fingerprint density at radius 2 is 1.88 bits per heavy atom. The number of halogens is 2. The molecule has 1 heterocycles. The smallest absolute Gasteiger partial charge is 0.253 e. The van der Waals surface area contributed by atoms with E-state index in [0.29, 0.717) is 17.8 Å². The number of likely N-dealkylation sites (tertiary alicyclic amines) is 1. The summed E-state index contributed by atoms with van der Waals surface area (Å²) in [6, 6.07) is 10.3. The Kier molecular flexibility index (Phi) is 6.48. The van der Waals surface area contributed by atoms with Crippen molar-refractivity contribution in [2.45, 2.75) is 19.8 Å². The van der Waals surface area contributed by atoms with Crippen LogP contribution in [0, 0.1) is 16.3 Å². The van der Waals surface area contributed by atoms with E-state index in [0.717, 1.165) is 34.5 Å². The highest BCUT2D eigenvalue weighted by Gasteiger charge is 2.15. The van der Waals surface area contributed by atoms with Gasteiger partial charge in [-0.2, -0.15) is 0 Å². The predicted octanol–water partition coefficient (Wildman–Crippen LogP) is 4.31. The zero-order valence-electron chi connectivity index (χ0n) is 14.8. The van der Waals surface area contributed by atoms with Crippen LogP contribution in [0.3, 0.4) is 0 Å². The summed E-state index contributed by atoms with van der Waals surface area (Å²) in [5.74, 6) is -0.672. The number of benzene rings is 2. The molecule has 4 nitrogen and oxygen atoms in total. The monoisotopic (exact) mass is 467 g/mol.